The predicted octanol–water partition coefficient (Wildman–Crippen LogP) is 1.38. The summed E-state index contributed by atoms with van der Waals surface area (Å²) >= 11 is 0. The molecule has 21 heavy (non-hydrogen) atoms. The first-order chi connectivity index (χ1) is 10.2. The zero-order valence-corrected chi connectivity index (χ0v) is 12.1. The van der Waals surface area contributed by atoms with Crippen molar-refractivity contribution in [1.29, 1.82) is 0 Å². The van der Waals surface area contributed by atoms with Crippen LogP contribution in [0.5, 0.6) is 11.5 Å². The van der Waals surface area contributed by atoms with Crippen LogP contribution in [0.1, 0.15) is 19.0 Å². The SMILES string of the molecule is CCCOc1c[nH]c(Cn2cccc(OC)c2=O)cc1=O. The van der Waals surface area contributed by atoms with Crippen LogP contribution < -0.4 is 20.5 Å². The molecule has 2 heterocycles. The molecule has 6 heteroatoms. The summed E-state index contributed by atoms with van der Waals surface area (Å²) < 4.78 is 11.8. The molecule has 0 atom stereocenters. The Kier molecular flexibility index (Phi) is 4.81. The van der Waals surface area contributed by atoms with Crippen LogP contribution in [0.3, 0.4) is 0 Å². The normalized spacial score (nSPS) is 10.4. The highest BCUT2D eigenvalue weighted by Gasteiger charge is 2.06. The molecule has 0 spiro atoms. The van der Waals surface area contributed by atoms with Gasteiger partial charge in [0.2, 0.25) is 5.43 Å². The Balaban J connectivity index is 2.23. The van der Waals surface area contributed by atoms with E-state index >= 15 is 0 Å². The number of nitrogens with one attached hydrogen (secondary N) is 1. The highest BCUT2D eigenvalue weighted by Crippen LogP contribution is 2.05. The molecule has 0 aliphatic carbocycles. The second kappa shape index (κ2) is 6.78. The molecular formula is C15H18N2O4. The number of pyridine rings is 2. The van der Waals surface area contributed by atoms with E-state index in [1.54, 1.807) is 18.3 Å². The summed E-state index contributed by atoms with van der Waals surface area (Å²) in [5.74, 6) is 0.557. The van der Waals surface area contributed by atoms with E-state index in [9.17, 15) is 9.59 Å². The van der Waals surface area contributed by atoms with Crippen LogP contribution in [0.4, 0.5) is 0 Å². The van der Waals surface area contributed by atoms with Crippen LogP contribution >= 0.6 is 0 Å². The summed E-state index contributed by atoms with van der Waals surface area (Å²) in [6.07, 6.45) is 4.00. The average molecular weight is 290 g/mol. The molecule has 6 nitrogen and oxygen atoms in total. The third-order valence-corrected chi connectivity index (χ3v) is 2.94. The molecule has 0 saturated carbocycles. The maximum absolute atomic E-state index is 12.0. The van der Waals surface area contributed by atoms with Crippen molar-refractivity contribution in [3.63, 3.8) is 0 Å². The number of hydrogen-bond donors (Lipinski definition) is 1. The Morgan fingerprint density at radius 2 is 2.10 bits per heavy atom. The van der Waals surface area contributed by atoms with E-state index < -0.39 is 0 Å². The van der Waals surface area contributed by atoms with E-state index in [1.165, 1.54) is 23.9 Å². The van der Waals surface area contributed by atoms with E-state index in [-0.39, 0.29) is 23.3 Å². The Labute approximate surface area is 122 Å². The van der Waals surface area contributed by atoms with E-state index in [2.05, 4.69) is 4.98 Å². The Bertz CT molecular complexity index is 718. The zero-order valence-electron chi connectivity index (χ0n) is 12.1. The first-order valence-corrected chi connectivity index (χ1v) is 6.73. The van der Waals surface area contributed by atoms with Gasteiger partial charge in [-0.25, -0.2) is 0 Å². The second-order valence-electron chi connectivity index (χ2n) is 4.54. The first-order valence-electron chi connectivity index (χ1n) is 6.73. The summed E-state index contributed by atoms with van der Waals surface area (Å²) in [5.41, 5.74) is 0.180. The standard InChI is InChI=1S/C15H18N2O4/c1-3-7-21-14-9-16-11(8-12(14)18)10-17-6-4-5-13(20-2)15(17)19/h4-6,8-9H,3,7,10H2,1-2H3,(H,16,18). The fourth-order valence-corrected chi connectivity index (χ4v) is 1.89. The van der Waals surface area contributed by atoms with Crippen molar-refractivity contribution >= 4 is 0 Å². The van der Waals surface area contributed by atoms with Gasteiger partial charge in [-0.15, -0.1) is 0 Å². The first kappa shape index (κ1) is 14.9. The number of aromatic amines is 1. The fourth-order valence-electron chi connectivity index (χ4n) is 1.89. The van der Waals surface area contributed by atoms with Crippen LogP contribution in [0.2, 0.25) is 0 Å². The minimum absolute atomic E-state index is 0.201. The lowest BCUT2D eigenvalue weighted by atomic mass is 10.3. The summed E-state index contributed by atoms with van der Waals surface area (Å²) in [7, 11) is 1.45. The molecule has 0 amide bonds. The van der Waals surface area contributed by atoms with Crippen molar-refractivity contribution < 1.29 is 9.47 Å². The number of rotatable bonds is 6. The van der Waals surface area contributed by atoms with Gasteiger partial charge in [-0.3, -0.25) is 9.59 Å². The van der Waals surface area contributed by atoms with E-state index in [1.807, 2.05) is 6.92 Å². The maximum atomic E-state index is 12.0. The lowest BCUT2D eigenvalue weighted by molar-refractivity contribution is 0.313. The molecule has 0 aromatic carbocycles. The lowest BCUT2D eigenvalue weighted by Crippen LogP contribution is -2.22. The topological polar surface area (TPSA) is 73.3 Å². The van der Waals surface area contributed by atoms with Crippen molar-refractivity contribution in [3.8, 4) is 11.5 Å². The molecule has 0 aliphatic heterocycles. The van der Waals surface area contributed by atoms with E-state index in [0.717, 1.165) is 6.42 Å². The molecule has 0 bridgehead atoms. The largest absolute Gasteiger partial charge is 0.491 e. The quantitative estimate of drug-likeness (QED) is 0.872. The van der Waals surface area contributed by atoms with Gasteiger partial charge in [-0.2, -0.15) is 0 Å². The minimum Gasteiger partial charge on any atom is -0.491 e. The fraction of sp³-hybridized carbons (Fsp3) is 0.333. The molecule has 0 radical (unpaired) electrons. The number of aromatic nitrogens is 2. The van der Waals surface area contributed by atoms with Gasteiger partial charge in [-0.1, -0.05) is 6.92 Å². The minimum atomic E-state index is -0.243. The van der Waals surface area contributed by atoms with Crippen molar-refractivity contribution in [3.05, 3.63) is 56.9 Å². The number of H-pyrrole nitrogens is 1. The van der Waals surface area contributed by atoms with Gasteiger partial charge in [0.15, 0.2) is 11.5 Å². The molecule has 0 unspecified atom stereocenters. The van der Waals surface area contributed by atoms with Gasteiger partial charge in [0.05, 0.1) is 20.3 Å². The number of ether oxygens (including phenoxy) is 2. The molecule has 0 fully saturated rings. The Morgan fingerprint density at radius 3 is 2.76 bits per heavy atom. The molecule has 2 aromatic rings. The zero-order chi connectivity index (χ0) is 15.2. The summed E-state index contributed by atoms with van der Waals surface area (Å²) in [6.45, 7) is 2.73. The molecular weight excluding hydrogens is 272 g/mol. The summed E-state index contributed by atoms with van der Waals surface area (Å²) in [5, 5.41) is 0. The van der Waals surface area contributed by atoms with Crippen LogP contribution in [0.25, 0.3) is 0 Å². The van der Waals surface area contributed by atoms with Crippen LogP contribution in [0.15, 0.2) is 40.2 Å². The van der Waals surface area contributed by atoms with Gasteiger partial charge < -0.3 is 19.0 Å². The molecule has 2 rings (SSSR count). The van der Waals surface area contributed by atoms with Gasteiger partial charge in [-0.05, 0) is 18.6 Å². The van der Waals surface area contributed by atoms with Crippen LogP contribution in [-0.4, -0.2) is 23.3 Å². The number of methoxy groups -OCH3 is 1. The Morgan fingerprint density at radius 1 is 1.29 bits per heavy atom. The molecule has 0 aliphatic rings. The molecule has 2 aromatic heterocycles. The van der Waals surface area contributed by atoms with Gasteiger partial charge >= 0.3 is 0 Å². The third-order valence-electron chi connectivity index (χ3n) is 2.94. The molecule has 112 valence electrons. The van der Waals surface area contributed by atoms with Crippen LogP contribution in [-0.2, 0) is 6.54 Å². The van der Waals surface area contributed by atoms with Crippen molar-refractivity contribution in [1.82, 2.24) is 9.55 Å². The molecule has 0 saturated heterocycles. The van der Waals surface area contributed by atoms with Gasteiger partial charge in [0.1, 0.15) is 0 Å². The van der Waals surface area contributed by atoms with Crippen molar-refractivity contribution in [2.45, 2.75) is 19.9 Å². The van der Waals surface area contributed by atoms with Crippen molar-refractivity contribution in [2.24, 2.45) is 0 Å². The third kappa shape index (κ3) is 3.53. The van der Waals surface area contributed by atoms with Crippen LogP contribution in [0, 0.1) is 0 Å². The molecule has 1 N–H and O–H groups in total. The number of nitrogens with zero attached hydrogens (tertiary/aromatic N) is 1. The predicted molar refractivity (Wildman–Crippen MR) is 79.2 cm³/mol. The van der Waals surface area contributed by atoms with E-state index in [4.69, 9.17) is 9.47 Å². The van der Waals surface area contributed by atoms with Gasteiger partial charge in [0.25, 0.3) is 5.56 Å². The highest BCUT2D eigenvalue weighted by molar-refractivity contribution is 5.22. The lowest BCUT2D eigenvalue weighted by Gasteiger charge is -2.08. The summed E-state index contributed by atoms with van der Waals surface area (Å²) in [4.78, 5) is 26.9. The number of hydrogen-bond acceptors (Lipinski definition) is 4. The Hall–Kier alpha value is -2.50. The van der Waals surface area contributed by atoms with Crippen molar-refractivity contribution in [2.75, 3.05) is 13.7 Å². The van der Waals surface area contributed by atoms with E-state index in [0.29, 0.717) is 18.1 Å². The van der Waals surface area contributed by atoms with Gasteiger partial charge in [0, 0.05) is 24.2 Å². The maximum Gasteiger partial charge on any atom is 0.293 e. The smallest absolute Gasteiger partial charge is 0.293 e. The average Bonchev–Trinajstić information content (AvgIpc) is 2.48. The monoisotopic (exact) mass is 290 g/mol. The highest BCUT2D eigenvalue weighted by atomic mass is 16.5. The second-order valence-corrected chi connectivity index (χ2v) is 4.54. The summed E-state index contributed by atoms with van der Waals surface area (Å²) in [6, 6.07) is 4.76.